The molecule has 1 aliphatic heterocycles. The lowest BCUT2D eigenvalue weighted by Gasteiger charge is -2.22. The monoisotopic (exact) mass is 234 g/mol. The predicted molar refractivity (Wildman–Crippen MR) is 60.3 cm³/mol. The van der Waals surface area contributed by atoms with Gasteiger partial charge in [0.05, 0.1) is 0 Å². The molecule has 0 spiro atoms. The molecule has 0 radical (unpaired) electrons. The lowest BCUT2D eigenvalue weighted by Crippen LogP contribution is -2.39. The molecular weight excluding hydrogens is 216 g/mol. The molecular formula is C10H19ClN2O2. The lowest BCUT2D eigenvalue weighted by atomic mass is 10.0. The van der Waals surface area contributed by atoms with E-state index in [1.165, 1.54) is 0 Å². The molecule has 5 heteroatoms. The van der Waals surface area contributed by atoms with Gasteiger partial charge in [0.25, 0.3) is 0 Å². The number of hydrogen-bond donors (Lipinski definition) is 2. The summed E-state index contributed by atoms with van der Waals surface area (Å²) in [6, 6.07) is -0.0911. The average Bonchev–Trinajstić information content (AvgIpc) is 2.28. The van der Waals surface area contributed by atoms with Crippen LogP contribution in [0, 0.1) is 5.92 Å². The van der Waals surface area contributed by atoms with Crippen molar-refractivity contribution < 1.29 is 9.53 Å². The van der Waals surface area contributed by atoms with Crippen molar-refractivity contribution in [3.8, 4) is 0 Å². The topological polar surface area (TPSA) is 50.4 Å². The quantitative estimate of drug-likeness (QED) is 0.557. The zero-order valence-corrected chi connectivity index (χ0v) is 9.68. The third kappa shape index (κ3) is 5.85. The van der Waals surface area contributed by atoms with Crippen LogP contribution in [0.25, 0.3) is 0 Å². The SMILES string of the molecule is O=C(NCCCCl)NCC1CCOCC1. The molecule has 0 aromatic carbocycles. The Morgan fingerprint density at radius 3 is 2.73 bits per heavy atom. The summed E-state index contributed by atoms with van der Waals surface area (Å²) >= 11 is 5.50. The third-order valence-corrected chi connectivity index (χ3v) is 2.76. The first-order valence-electron chi connectivity index (χ1n) is 5.48. The Morgan fingerprint density at radius 2 is 2.07 bits per heavy atom. The second-order valence-electron chi connectivity index (χ2n) is 3.74. The Hall–Kier alpha value is -0.480. The van der Waals surface area contributed by atoms with Gasteiger partial charge in [-0.25, -0.2) is 4.79 Å². The van der Waals surface area contributed by atoms with Crippen LogP contribution in [0.3, 0.4) is 0 Å². The van der Waals surface area contributed by atoms with Crippen LogP contribution < -0.4 is 10.6 Å². The van der Waals surface area contributed by atoms with Gasteiger partial charge in [0, 0.05) is 32.2 Å². The van der Waals surface area contributed by atoms with Gasteiger partial charge in [-0.2, -0.15) is 0 Å². The van der Waals surface area contributed by atoms with Crippen molar-refractivity contribution in [1.82, 2.24) is 10.6 Å². The van der Waals surface area contributed by atoms with E-state index in [2.05, 4.69) is 10.6 Å². The van der Waals surface area contributed by atoms with E-state index in [0.29, 0.717) is 18.3 Å². The van der Waals surface area contributed by atoms with E-state index in [-0.39, 0.29) is 6.03 Å². The molecule has 4 nitrogen and oxygen atoms in total. The van der Waals surface area contributed by atoms with E-state index in [4.69, 9.17) is 16.3 Å². The largest absolute Gasteiger partial charge is 0.381 e. The van der Waals surface area contributed by atoms with Crippen LogP contribution in [0.5, 0.6) is 0 Å². The molecule has 1 aliphatic rings. The van der Waals surface area contributed by atoms with E-state index in [0.717, 1.165) is 39.0 Å². The van der Waals surface area contributed by atoms with Gasteiger partial charge in [-0.3, -0.25) is 0 Å². The van der Waals surface area contributed by atoms with Gasteiger partial charge in [0.15, 0.2) is 0 Å². The van der Waals surface area contributed by atoms with Crippen LogP contribution in [-0.2, 0) is 4.74 Å². The molecule has 0 aromatic heterocycles. The second-order valence-corrected chi connectivity index (χ2v) is 4.11. The number of urea groups is 1. The maximum absolute atomic E-state index is 11.3. The first kappa shape index (κ1) is 12.6. The smallest absolute Gasteiger partial charge is 0.314 e. The minimum absolute atomic E-state index is 0.0911. The normalized spacial score (nSPS) is 17.4. The predicted octanol–water partition coefficient (Wildman–Crippen LogP) is 1.34. The molecule has 0 bridgehead atoms. The Morgan fingerprint density at radius 1 is 1.33 bits per heavy atom. The first-order chi connectivity index (χ1) is 7.33. The molecule has 0 saturated carbocycles. The van der Waals surface area contributed by atoms with Gasteiger partial charge in [-0.15, -0.1) is 11.6 Å². The summed E-state index contributed by atoms with van der Waals surface area (Å²) in [6.07, 6.45) is 2.90. The summed E-state index contributed by atoms with van der Waals surface area (Å²) in [5, 5.41) is 5.62. The van der Waals surface area contributed by atoms with Gasteiger partial charge in [0.2, 0.25) is 0 Å². The fourth-order valence-corrected chi connectivity index (χ4v) is 1.65. The van der Waals surface area contributed by atoms with E-state index in [1.807, 2.05) is 0 Å². The highest BCUT2D eigenvalue weighted by Crippen LogP contribution is 2.12. The molecule has 0 unspecified atom stereocenters. The van der Waals surface area contributed by atoms with Crippen LogP contribution in [-0.4, -0.2) is 38.2 Å². The Labute approximate surface area is 95.7 Å². The van der Waals surface area contributed by atoms with E-state index in [1.54, 1.807) is 0 Å². The highest BCUT2D eigenvalue weighted by atomic mass is 35.5. The third-order valence-electron chi connectivity index (χ3n) is 2.49. The molecule has 0 aliphatic carbocycles. The molecule has 1 heterocycles. The molecule has 2 N–H and O–H groups in total. The molecule has 15 heavy (non-hydrogen) atoms. The minimum atomic E-state index is -0.0911. The number of ether oxygens (including phenoxy) is 1. The molecule has 2 amide bonds. The van der Waals surface area contributed by atoms with Crippen molar-refractivity contribution in [2.24, 2.45) is 5.92 Å². The van der Waals surface area contributed by atoms with Crippen LogP contribution in [0.4, 0.5) is 4.79 Å². The summed E-state index contributed by atoms with van der Waals surface area (Å²) in [5.74, 6) is 1.15. The van der Waals surface area contributed by atoms with Gasteiger partial charge < -0.3 is 15.4 Å². The number of carbonyl (C=O) groups is 1. The standard InChI is InChI=1S/C10H19ClN2O2/c11-4-1-5-12-10(14)13-8-9-2-6-15-7-3-9/h9H,1-8H2,(H2,12,13,14). The van der Waals surface area contributed by atoms with Gasteiger partial charge in [-0.05, 0) is 25.2 Å². The maximum Gasteiger partial charge on any atom is 0.314 e. The van der Waals surface area contributed by atoms with Crippen molar-refractivity contribution in [3.05, 3.63) is 0 Å². The molecule has 0 aromatic rings. The molecule has 1 rings (SSSR count). The highest BCUT2D eigenvalue weighted by molar-refractivity contribution is 6.17. The molecule has 1 fully saturated rings. The van der Waals surface area contributed by atoms with Crippen LogP contribution in [0.2, 0.25) is 0 Å². The summed E-state index contributed by atoms with van der Waals surface area (Å²) in [6.45, 7) is 3.03. The summed E-state index contributed by atoms with van der Waals surface area (Å²) < 4.78 is 5.24. The zero-order chi connectivity index (χ0) is 10.9. The van der Waals surface area contributed by atoms with Crippen molar-refractivity contribution in [1.29, 1.82) is 0 Å². The number of rotatable bonds is 5. The summed E-state index contributed by atoms with van der Waals surface area (Å²) in [4.78, 5) is 11.3. The maximum atomic E-state index is 11.3. The summed E-state index contributed by atoms with van der Waals surface area (Å²) in [7, 11) is 0. The van der Waals surface area contributed by atoms with E-state index < -0.39 is 0 Å². The van der Waals surface area contributed by atoms with Crippen LogP contribution in [0.15, 0.2) is 0 Å². The molecule has 0 atom stereocenters. The van der Waals surface area contributed by atoms with Crippen LogP contribution >= 0.6 is 11.6 Å². The molecule has 1 saturated heterocycles. The number of halogens is 1. The Kier molecular flexibility index (Phi) is 6.52. The average molecular weight is 235 g/mol. The minimum Gasteiger partial charge on any atom is -0.381 e. The van der Waals surface area contributed by atoms with E-state index in [9.17, 15) is 4.79 Å². The Balaban J connectivity index is 2.00. The van der Waals surface area contributed by atoms with Crippen LogP contribution in [0.1, 0.15) is 19.3 Å². The number of nitrogens with one attached hydrogen (secondary N) is 2. The van der Waals surface area contributed by atoms with E-state index >= 15 is 0 Å². The number of amides is 2. The van der Waals surface area contributed by atoms with Crippen molar-refractivity contribution in [2.45, 2.75) is 19.3 Å². The van der Waals surface area contributed by atoms with Crippen molar-refractivity contribution in [2.75, 3.05) is 32.2 Å². The highest BCUT2D eigenvalue weighted by Gasteiger charge is 2.14. The zero-order valence-electron chi connectivity index (χ0n) is 8.93. The lowest BCUT2D eigenvalue weighted by molar-refractivity contribution is 0.0669. The number of alkyl halides is 1. The number of hydrogen-bond acceptors (Lipinski definition) is 2. The van der Waals surface area contributed by atoms with Gasteiger partial charge in [-0.1, -0.05) is 0 Å². The van der Waals surface area contributed by atoms with Gasteiger partial charge in [0.1, 0.15) is 0 Å². The summed E-state index contributed by atoms with van der Waals surface area (Å²) in [5.41, 5.74) is 0. The molecule has 88 valence electrons. The first-order valence-corrected chi connectivity index (χ1v) is 6.02. The Bertz CT molecular complexity index is 184. The number of carbonyl (C=O) groups excluding carboxylic acids is 1. The van der Waals surface area contributed by atoms with Crippen molar-refractivity contribution in [3.63, 3.8) is 0 Å². The van der Waals surface area contributed by atoms with Gasteiger partial charge >= 0.3 is 6.03 Å². The fraction of sp³-hybridized carbons (Fsp3) is 0.900. The second kappa shape index (κ2) is 7.77. The fourth-order valence-electron chi connectivity index (χ4n) is 1.52. The van der Waals surface area contributed by atoms with Crippen molar-refractivity contribution >= 4 is 17.6 Å².